The monoisotopic (exact) mass is 267 g/mol. The fourth-order valence-electron chi connectivity index (χ4n) is 2.49. The smallest absolute Gasteiger partial charge is 0.0406 e. The van der Waals surface area contributed by atoms with Gasteiger partial charge < -0.3 is 5.73 Å². The molecule has 1 aromatic rings. The molecule has 0 amide bonds. The van der Waals surface area contributed by atoms with Crippen molar-refractivity contribution in [3.05, 3.63) is 34.9 Å². The zero-order valence-electron chi connectivity index (χ0n) is 11.7. The van der Waals surface area contributed by atoms with Crippen molar-refractivity contribution in [1.82, 2.24) is 0 Å². The minimum absolute atomic E-state index is 0.476. The lowest BCUT2D eigenvalue weighted by atomic mass is 9.85. The van der Waals surface area contributed by atoms with E-state index in [0.717, 1.165) is 17.5 Å². The highest BCUT2D eigenvalue weighted by Gasteiger charge is 2.15. The standard InChI is InChI=1S/C16H26ClN/c1-3-5-6-13(4-2)11-15(12-18)14-7-9-16(17)10-8-14/h7-10,13,15H,3-6,11-12,18H2,1-2H3. The molecular formula is C16H26ClN. The number of unbranched alkanes of at least 4 members (excludes halogenated alkanes) is 1. The first-order valence-corrected chi connectivity index (χ1v) is 7.54. The van der Waals surface area contributed by atoms with Crippen LogP contribution in [0.4, 0.5) is 0 Å². The average molecular weight is 268 g/mol. The number of nitrogens with two attached hydrogens (primary N) is 1. The molecule has 18 heavy (non-hydrogen) atoms. The van der Waals surface area contributed by atoms with Crippen LogP contribution in [0.25, 0.3) is 0 Å². The van der Waals surface area contributed by atoms with E-state index < -0.39 is 0 Å². The third-order valence-corrected chi connectivity index (χ3v) is 4.04. The maximum absolute atomic E-state index is 5.94. The Morgan fingerprint density at radius 1 is 1.17 bits per heavy atom. The Balaban J connectivity index is 2.62. The second-order valence-electron chi connectivity index (χ2n) is 5.14. The summed E-state index contributed by atoms with van der Waals surface area (Å²) in [6, 6.07) is 8.16. The second kappa shape index (κ2) is 8.55. The van der Waals surface area contributed by atoms with Crippen molar-refractivity contribution in [3.63, 3.8) is 0 Å². The summed E-state index contributed by atoms with van der Waals surface area (Å²) in [4.78, 5) is 0. The van der Waals surface area contributed by atoms with E-state index in [2.05, 4.69) is 26.0 Å². The molecule has 0 radical (unpaired) electrons. The first-order chi connectivity index (χ1) is 8.71. The van der Waals surface area contributed by atoms with Crippen LogP contribution in [0.3, 0.4) is 0 Å². The van der Waals surface area contributed by atoms with Gasteiger partial charge in [-0.2, -0.15) is 0 Å². The van der Waals surface area contributed by atoms with Crippen molar-refractivity contribution in [2.45, 2.75) is 51.9 Å². The molecule has 0 saturated heterocycles. The quantitative estimate of drug-likeness (QED) is 0.706. The minimum Gasteiger partial charge on any atom is -0.330 e. The average Bonchev–Trinajstić information content (AvgIpc) is 2.40. The van der Waals surface area contributed by atoms with Crippen LogP contribution < -0.4 is 5.73 Å². The molecule has 0 aromatic heterocycles. The van der Waals surface area contributed by atoms with Gasteiger partial charge in [0.05, 0.1) is 0 Å². The molecule has 0 spiro atoms. The predicted molar refractivity (Wildman–Crippen MR) is 81.2 cm³/mol. The zero-order valence-corrected chi connectivity index (χ0v) is 12.4. The Morgan fingerprint density at radius 3 is 2.33 bits per heavy atom. The van der Waals surface area contributed by atoms with Gasteiger partial charge >= 0.3 is 0 Å². The van der Waals surface area contributed by atoms with Gasteiger partial charge in [-0.05, 0) is 42.5 Å². The van der Waals surface area contributed by atoms with Gasteiger partial charge in [0.1, 0.15) is 0 Å². The van der Waals surface area contributed by atoms with Crippen molar-refractivity contribution >= 4 is 11.6 Å². The first-order valence-electron chi connectivity index (χ1n) is 7.16. The number of halogens is 1. The molecular weight excluding hydrogens is 242 g/mol. The maximum Gasteiger partial charge on any atom is 0.0406 e. The number of hydrogen-bond donors (Lipinski definition) is 1. The topological polar surface area (TPSA) is 26.0 Å². The molecule has 0 aliphatic rings. The fraction of sp³-hybridized carbons (Fsp3) is 0.625. The summed E-state index contributed by atoms with van der Waals surface area (Å²) in [6.45, 7) is 5.27. The summed E-state index contributed by atoms with van der Waals surface area (Å²) in [5.41, 5.74) is 7.27. The van der Waals surface area contributed by atoms with Crippen LogP contribution in [0.2, 0.25) is 5.02 Å². The van der Waals surface area contributed by atoms with Gasteiger partial charge in [0.25, 0.3) is 0 Å². The summed E-state index contributed by atoms with van der Waals surface area (Å²) in [5, 5.41) is 0.799. The van der Waals surface area contributed by atoms with Gasteiger partial charge in [0.2, 0.25) is 0 Å². The normalized spacial score (nSPS) is 14.4. The van der Waals surface area contributed by atoms with E-state index in [0.29, 0.717) is 5.92 Å². The molecule has 0 aliphatic carbocycles. The van der Waals surface area contributed by atoms with Crippen LogP contribution in [0.1, 0.15) is 57.4 Å². The molecule has 0 saturated carbocycles. The van der Waals surface area contributed by atoms with Gasteiger partial charge in [-0.25, -0.2) is 0 Å². The van der Waals surface area contributed by atoms with Gasteiger partial charge in [0, 0.05) is 5.02 Å². The Morgan fingerprint density at radius 2 is 1.83 bits per heavy atom. The molecule has 2 unspecified atom stereocenters. The summed E-state index contributed by atoms with van der Waals surface area (Å²) in [7, 11) is 0. The van der Waals surface area contributed by atoms with Crippen molar-refractivity contribution < 1.29 is 0 Å². The van der Waals surface area contributed by atoms with Crippen molar-refractivity contribution in [3.8, 4) is 0 Å². The molecule has 1 nitrogen and oxygen atoms in total. The van der Waals surface area contributed by atoms with Gasteiger partial charge in [-0.1, -0.05) is 63.3 Å². The largest absolute Gasteiger partial charge is 0.330 e. The maximum atomic E-state index is 5.94. The zero-order chi connectivity index (χ0) is 13.4. The number of rotatable bonds is 8. The number of benzene rings is 1. The van der Waals surface area contributed by atoms with Gasteiger partial charge in [-0.15, -0.1) is 0 Å². The van der Waals surface area contributed by atoms with Crippen molar-refractivity contribution in [2.75, 3.05) is 6.54 Å². The molecule has 0 fully saturated rings. The van der Waals surface area contributed by atoms with E-state index >= 15 is 0 Å². The second-order valence-corrected chi connectivity index (χ2v) is 5.57. The first kappa shape index (κ1) is 15.5. The van der Waals surface area contributed by atoms with E-state index in [1.54, 1.807) is 0 Å². The van der Waals surface area contributed by atoms with Gasteiger partial charge in [0.15, 0.2) is 0 Å². The minimum atomic E-state index is 0.476. The third-order valence-electron chi connectivity index (χ3n) is 3.79. The molecule has 0 aliphatic heterocycles. The molecule has 1 rings (SSSR count). The molecule has 2 N–H and O–H groups in total. The predicted octanol–water partition coefficient (Wildman–Crippen LogP) is 4.99. The van der Waals surface area contributed by atoms with Crippen LogP contribution >= 0.6 is 11.6 Å². The summed E-state index contributed by atoms with van der Waals surface area (Å²) in [6.07, 6.45) is 6.40. The number of hydrogen-bond acceptors (Lipinski definition) is 1. The van der Waals surface area contributed by atoms with E-state index in [1.807, 2.05) is 12.1 Å². The summed E-state index contributed by atoms with van der Waals surface area (Å²) in [5.74, 6) is 1.28. The van der Waals surface area contributed by atoms with Crippen LogP contribution in [0, 0.1) is 5.92 Å². The van der Waals surface area contributed by atoms with Crippen LogP contribution in [0.15, 0.2) is 24.3 Å². The van der Waals surface area contributed by atoms with Crippen LogP contribution in [0.5, 0.6) is 0 Å². The molecule has 0 bridgehead atoms. The molecule has 102 valence electrons. The Bertz CT molecular complexity index is 320. The van der Waals surface area contributed by atoms with E-state index in [1.165, 1.54) is 37.7 Å². The molecule has 2 heteroatoms. The van der Waals surface area contributed by atoms with Crippen LogP contribution in [-0.4, -0.2) is 6.54 Å². The lowest BCUT2D eigenvalue weighted by molar-refractivity contribution is 0.387. The van der Waals surface area contributed by atoms with E-state index in [4.69, 9.17) is 17.3 Å². The fourth-order valence-corrected chi connectivity index (χ4v) is 2.61. The Kier molecular flexibility index (Phi) is 7.38. The molecule has 1 aromatic carbocycles. The lowest BCUT2D eigenvalue weighted by Gasteiger charge is -2.22. The van der Waals surface area contributed by atoms with Crippen LogP contribution in [-0.2, 0) is 0 Å². The van der Waals surface area contributed by atoms with Gasteiger partial charge in [-0.3, -0.25) is 0 Å². The Hall–Kier alpha value is -0.530. The Labute approximate surface area is 117 Å². The third kappa shape index (κ3) is 4.99. The van der Waals surface area contributed by atoms with E-state index in [-0.39, 0.29) is 0 Å². The molecule has 0 heterocycles. The van der Waals surface area contributed by atoms with E-state index in [9.17, 15) is 0 Å². The summed E-state index contributed by atoms with van der Waals surface area (Å²) < 4.78 is 0. The SMILES string of the molecule is CCCCC(CC)CC(CN)c1ccc(Cl)cc1. The van der Waals surface area contributed by atoms with Crippen molar-refractivity contribution in [2.24, 2.45) is 11.7 Å². The lowest BCUT2D eigenvalue weighted by Crippen LogP contribution is -2.16. The highest BCUT2D eigenvalue weighted by molar-refractivity contribution is 6.30. The van der Waals surface area contributed by atoms with Crippen molar-refractivity contribution in [1.29, 1.82) is 0 Å². The highest BCUT2D eigenvalue weighted by Crippen LogP contribution is 2.28. The summed E-state index contributed by atoms with van der Waals surface area (Å²) >= 11 is 5.93. The molecule has 2 atom stereocenters. The highest BCUT2D eigenvalue weighted by atomic mass is 35.5.